The first kappa shape index (κ1) is 18.4. The van der Waals surface area contributed by atoms with Gasteiger partial charge in [-0.15, -0.1) is 0 Å². The van der Waals surface area contributed by atoms with Crippen LogP contribution in [0.4, 0.5) is 4.39 Å². The second-order valence-electron chi connectivity index (χ2n) is 7.34. The van der Waals surface area contributed by atoms with Crippen LogP contribution in [0, 0.1) is 12.7 Å². The van der Waals surface area contributed by atoms with Crippen LogP contribution in [0.3, 0.4) is 0 Å². The van der Waals surface area contributed by atoms with Crippen molar-refractivity contribution < 1.29 is 9.18 Å². The van der Waals surface area contributed by atoms with Gasteiger partial charge in [0.2, 0.25) is 5.91 Å². The van der Waals surface area contributed by atoms with Crippen molar-refractivity contribution in [2.45, 2.75) is 32.2 Å². The molecule has 3 nitrogen and oxygen atoms in total. The summed E-state index contributed by atoms with van der Waals surface area (Å²) in [5.41, 5.74) is 4.85. The summed E-state index contributed by atoms with van der Waals surface area (Å²) in [6, 6.07) is 20.6. The fourth-order valence-electron chi connectivity index (χ4n) is 3.96. The number of nitrogens with zero attached hydrogens (tertiary/aromatic N) is 2. The summed E-state index contributed by atoms with van der Waals surface area (Å²) in [7, 11) is 0. The number of benzene rings is 2. The van der Waals surface area contributed by atoms with E-state index in [2.05, 4.69) is 24.3 Å². The highest BCUT2D eigenvalue weighted by Gasteiger charge is 2.31. The molecule has 28 heavy (non-hydrogen) atoms. The fraction of sp³-hybridized carbons (Fsp3) is 0.250. The third-order valence-electron chi connectivity index (χ3n) is 5.24. The first-order valence-corrected chi connectivity index (χ1v) is 9.68. The molecule has 1 aliphatic rings. The molecule has 4 heteroatoms. The lowest BCUT2D eigenvalue weighted by molar-refractivity contribution is -0.131. The number of rotatable bonds is 4. The smallest absolute Gasteiger partial charge is 0.227 e. The van der Waals surface area contributed by atoms with Gasteiger partial charge in [0.25, 0.3) is 0 Å². The average molecular weight is 374 g/mol. The van der Waals surface area contributed by atoms with Crippen molar-refractivity contribution in [3.05, 3.63) is 89.5 Å². The van der Waals surface area contributed by atoms with E-state index < -0.39 is 0 Å². The van der Waals surface area contributed by atoms with Crippen molar-refractivity contribution in [2.24, 2.45) is 0 Å². The Hall–Kier alpha value is -3.01. The van der Waals surface area contributed by atoms with E-state index in [9.17, 15) is 9.18 Å². The van der Waals surface area contributed by atoms with Gasteiger partial charge in [0.05, 0.1) is 18.2 Å². The van der Waals surface area contributed by atoms with E-state index in [1.165, 1.54) is 12.1 Å². The molecule has 0 N–H and O–H groups in total. The van der Waals surface area contributed by atoms with Crippen LogP contribution < -0.4 is 0 Å². The SMILES string of the molecule is Cc1cc(-c2ccccc2)cc([C@@H]2CCCN2C(=O)Cc2cccc(F)c2)n1. The Balaban J connectivity index is 1.59. The molecular weight excluding hydrogens is 351 g/mol. The highest BCUT2D eigenvalue weighted by molar-refractivity contribution is 5.79. The minimum Gasteiger partial charge on any atom is -0.334 e. The molecule has 4 rings (SSSR count). The zero-order chi connectivity index (χ0) is 19.5. The van der Waals surface area contributed by atoms with Gasteiger partial charge in [0, 0.05) is 12.2 Å². The van der Waals surface area contributed by atoms with Gasteiger partial charge in [-0.1, -0.05) is 42.5 Å². The first-order valence-electron chi connectivity index (χ1n) is 9.68. The molecule has 0 radical (unpaired) electrons. The van der Waals surface area contributed by atoms with Crippen LogP contribution in [0.25, 0.3) is 11.1 Å². The van der Waals surface area contributed by atoms with Crippen LogP contribution in [-0.4, -0.2) is 22.3 Å². The molecule has 1 fully saturated rings. The van der Waals surface area contributed by atoms with E-state index in [0.717, 1.165) is 41.9 Å². The summed E-state index contributed by atoms with van der Waals surface area (Å²) in [4.78, 5) is 19.6. The molecule has 1 atom stereocenters. The van der Waals surface area contributed by atoms with Crippen LogP contribution >= 0.6 is 0 Å². The number of hydrogen-bond donors (Lipinski definition) is 0. The molecule has 0 unspecified atom stereocenters. The lowest BCUT2D eigenvalue weighted by Crippen LogP contribution is -2.32. The molecule has 2 heterocycles. The lowest BCUT2D eigenvalue weighted by atomic mass is 10.0. The van der Waals surface area contributed by atoms with E-state index in [1.807, 2.05) is 30.0 Å². The van der Waals surface area contributed by atoms with Gasteiger partial charge >= 0.3 is 0 Å². The minimum absolute atomic E-state index is 0.0246. The summed E-state index contributed by atoms with van der Waals surface area (Å²) in [5.74, 6) is -0.284. The zero-order valence-electron chi connectivity index (χ0n) is 15.9. The molecule has 1 amide bonds. The molecule has 1 aliphatic heterocycles. The maximum absolute atomic E-state index is 13.5. The predicted octanol–water partition coefficient (Wildman–Crippen LogP) is 5.10. The van der Waals surface area contributed by atoms with Crippen molar-refractivity contribution in [3.8, 4) is 11.1 Å². The van der Waals surface area contributed by atoms with Gasteiger partial charge < -0.3 is 4.90 Å². The molecule has 0 saturated carbocycles. The van der Waals surface area contributed by atoms with Gasteiger partial charge in [0.15, 0.2) is 0 Å². The Bertz CT molecular complexity index is 987. The fourth-order valence-corrected chi connectivity index (χ4v) is 3.96. The quantitative estimate of drug-likeness (QED) is 0.636. The summed E-state index contributed by atoms with van der Waals surface area (Å²) >= 11 is 0. The van der Waals surface area contributed by atoms with E-state index in [4.69, 9.17) is 4.98 Å². The molecule has 1 saturated heterocycles. The summed E-state index contributed by atoms with van der Waals surface area (Å²) in [5, 5.41) is 0. The molecule has 0 aliphatic carbocycles. The number of halogens is 1. The third-order valence-corrected chi connectivity index (χ3v) is 5.24. The first-order chi connectivity index (χ1) is 13.6. The van der Waals surface area contributed by atoms with Gasteiger partial charge in [-0.3, -0.25) is 9.78 Å². The van der Waals surface area contributed by atoms with Gasteiger partial charge in [-0.2, -0.15) is 0 Å². The maximum atomic E-state index is 13.5. The van der Waals surface area contributed by atoms with Crippen LogP contribution in [0.15, 0.2) is 66.7 Å². The van der Waals surface area contributed by atoms with E-state index in [0.29, 0.717) is 5.56 Å². The Morgan fingerprint density at radius 3 is 2.68 bits per heavy atom. The number of likely N-dealkylation sites (tertiary alicyclic amines) is 1. The zero-order valence-corrected chi connectivity index (χ0v) is 15.9. The largest absolute Gasteiger partial charge is 0.334 e. The average Bonchev–Trinajstić information content (AvgIpc) is 3.18. The van der Waals surface area contributed by atoms with Crippen LogP contribution in [0.2, 0.25) is 0 Å². The second-order valence-corrected chi connectivity index (χ2v) is 7.34. The van der Waals surface area contributed by atoms with Gasteiger partial charge in [0.1, 0.15) is 5.82 Å². The lowest BCUT2D eigenvalue weighted by Gasteiger charge is -2.25. The van der Waals surface area contributed by atoms with Gasteiger partial charge in [-0.05, 0) is 60.7 Å². The van der Waals surface area contributed by atoms with Crippen LogP contribution in [0.5, 0.6) is 0 Å². The van der Waals surface area contributed by atoms with Crippen molar-refractivity contribution in [1.82, 2.24) is 9.88 Å². The Labute approximate surface area is 164 Å². The van der Waals surface area contributed by atoms with Crippen molar-refractivity contribution >= 4 is 5.91 Å². The summed E-state index contributed by atoms with van der Waals surface area (Å²) in [6.07, 6.45) is 2.07. The number of carbonyl (C=O) groups excluding carboxylic acids is 1. The number of carbonyl (C=O) groups is 1. The van der Waals surface area contributed by atoms with Crippen LogP contribution in [0.1, 0.15) is 35.8 Å². The molecule has 142 valence electrons. The van der Waals surface area contributed by atoms with E-state index in [1.54, 1.807) is 12.1 Å². The van der Waals surface area contributed by atoms with Crippen molar-refractivity contribution in [2.75, 3.05) is 6.54 Å². The van der Waals surface area contributed by atoms with Gasteiger partial charge in [-0.25, -0.2) is 4.39 Å². The normalized spacial score (nSPS) is 16.4. The molecule has 1 aromatic heterocycles. The van der Waals surface area contributed by atoms with E-state index in [-0.39, 0.29) is 24.2 Å². The summed E-state index contributed by atoms with van der Waals surface area (Å²) < 4.78 is 13.5. The topological polar surface area (TPSA) is 33.2 Å². The Morgan fingerprint density at radius 2 is 1.89 bits per heavy atom. The predicted molar refractivity (Wildman–Crippen MR) is 108 cm³/mol. The number of amides is 1. The number of hydrogen-bond acceptors (Lipinski definition) is 2. The number of aryl methyl sites for hydroxylation is 1. The number of aromatic nitrogens is 1. The highest BCUT2D eigenvalue weighted by atomic mass is 19.1. The van der Waals surface area contributed by atoms with Crippen LogP contribution in [-0.2, 0) is 11.2 Å². The standard InChI is InChI=1S/C24H23FN2O/c1-17-13-20(19-8-3-2-4-9-19)16-22(26-17)23-11-6-12-27(23)24(28)15-18-7-5-10-21(25)14-18/h2-5,7-10,13-14,16,23H,6,11-12,15H2,1H3/t23-/m0/s1. The minimum atomic E-state index is -0.309. The van der Waals surface area contributed by atoms with Crippen molar-refractivity contribution in [3.63, 3.8) is 0 Å². The molecule has 2 aromatic carbocycles. The molecular formula is C24H23FN2O. The number of pyridine rings is 1. The second kappa shape index (κ2) is 7.93. The van der Waals surface area contributed by atoms with Crippen molar-refractivity contribution in [1.29, 1.82) is 0 Å². The van der Waals surface area contributed by atoms with E-state index >= 15 is 0 Å². The Kier molecular flexibility index (Phi) is 5.20. The monoisotopic (exact) mass is 374 g/mol. The molecule has 0 spiro atoms. The summed E-state index contributed by atoms with van der Waals surface area (Å²) in [6.45, 7) is 2.71. The molecule has 0 bridgehead atoms. The third kappa shape index (κ3) is 3.96. The Morgan fingerprint density at radius 1 is 1.07 bits per heavy atom. The maximum Gasteiger partial charge on any atom is 0.227 e. The highest BCUT2D eigenvalue weighted by Crippen LogP contribution is 2.33. The molecule has 3 aromatic rings.